The fourth-order valence-electron chi connectivity index (χ4n) is 3.22. The monoisotopic (exact) mass is 212 g/mol. The lowest BCUT2D eigenvalue weighted by atomic mass is 9.71. The molecule has 0 aromatic rings. The van der Waals surface area contributed by atoms with Crippen LogP contribution in [0, 0.1) is 23.7 Å². The van der Waals surface area contributed by atoms with Crippen molar-refractivity contribution in [1.82, 2.24) is 0 Å². The van der Waals surface area contributed by atoms with Gasteiger partial charge in [0.2, 0.25) is 0 Å². The molecule has 0 N–H and O–H groups in total. The molecule has 0 spiro atoms. The molecule has 2 aliphatic rings. The fourth-order valence-corrected chi connectivity index (χ4v) is 4.47. The van der Waals surface area contributed by atoms with Gasteiger partial charge in [-0.25, -0.2) is 0 Å². The maximum absolute atomic E-state index is 11.7. The van der Waals surface area contributed by atoms with E-state index >= 15 is 0 Å². The van der Waals surface area contributed by atoms with Crippen LogP contribution in [-0.4, -0.2) is 17.3 Å². The number of hydrogen-bond donors (Lipinski definition) is 0. The molecule has 2 rings (SSSR count). The Hall–Kier alpha value is 0.0200. The van der Waals surface area contributed by atoms with Crippen LogP contribution in [0.2, 0.25) is 0 Å². The highest BCUT2D eigenvalue weighted by atomic mass is 32.2. The second-order valence-corrected chi connectivity index (χ2v) is 6.30. The largest absolute Gasteiger partial charge is 0.298 e. The summed E-state index contributed by atoms with van der Waals surface area (Å²) in [6.45, 7) is 4.68. The first kappa shape index (κ1) is 10.5. The van der Waals surface area contributed by atoms with Crippen molar-refractivity contribution in [3.05, 3.63) is 0 Å². The van der Waals surface area contributed by atoms with Gasteiger partial charge in [-0.1, -0.05) is 13.8 Å². The van der Waals surface area contributed by atoms with Gasteiger partial charge in [-0.2, -0.15) is 11.8 Å². The van der Waals surface area contributed by atoms with Crippen LogP contribution in [0.1, 0.15) is 33.1 Å². The Morgan fingerprint density at radius 3 is 2.29 bits per heavy atom. The molecule has 1 aliphatic carbocycles. The molecule has 0 aromatic heterocycles. The van der Waals surface area contributed by atoms with E-state index in [-0.39, 0.29) is 0 Å². The van der Waals surface area contributed by atoms with E-state index in [9.17, 15) is 4.79 Å². The third kappa shape index (κ3) is 2.16. The lowest BCUT2D eigenvalue weighted by molar-refractivity contribution is -0.121. The van der Waals surface area contributed by atoms with Crippen molar-refractivity contribution < 1.29 is 4.79 Å². The fraction of sp³-hybridized carbons (Fsp3) is 0.917. The minimum Gasteiger partial charge on any atom is -0.298 e. The van der Waals surface area contributed by atoms with Gasteiger partial charge < -0.3 is 0 Å². The van der Waals surface area contributed by atoms with Gasteiger partial charge in [0.05, 0.1) is 5.75 Å². The first-order valence-corrected chi connectivity index (χ1v) is 6.92. The Balaban J connectivity index is 1.99. The van der Waals surface area contributed by atoms with Crippen LogP contribution in [0.3, 0.4) is 0 Å². The number of hydrogen-bond acceptors (Lipinski definition) is 2. The maximum atomic E-state index is 11.7. The van der Waals surface area contributed by atoms with E-state index in [1.807, 2.05) is 11.8 Å². The van der Waals surface area contributed by atoms with Crippen LogP contribution in [-0.2, 0) is 4.79 Å². The van der Waals surface area contributed by atoms with E-state index in [1.165, 1.54) is 19.3 Å². The third-order valence-corrected chi connectivity index (χ3v) is 4.82. The van der Waals surface area contributed by atoms with Crippen molar-refractivity contribution in [1.29, 1.82) is 0 Å². The van der Waals surface area contributed by atoms with Crippen LogP contribution in [0.5, 0.6) is 0 Å². The van der Waals surface area contributed by atoms with Gasteiger partial charge in [0, 0.05) is 11.7 Å². The van der Waals surface area contributed by atoms with Crippen molar-refractivity contribution in [2.24, 2.45) is 23.7 Å². The Labute approximate surface area is 91.0 Å². The van der Waals surface area contributed by atoms with Gasteiger partial charge >= 0.3 is 0 Å². The molecular formula is C12H20OS. The molecule has 0 radical (unpaired) electrons. The molecule has 1 saturated carbocycles. The summed E-state index contributed by atoms with van der Waals surface area (Å²) >= 11 is 1.84. The Bertz CT molecular complexity index is 216. The van der Waals surface area contributed by atoms with Crippen LogP contribution in [0.15, 0.2) is 0 Å². The topological polar surface area (TPSA) is 17.1 Å². The highest BCUT2D eigenvalue weighted by Gasteiger charge is 2.36. The van der Waals surface area contributed by atoms with Crippen LogP contribution >= 0.6 is 11.8 Å². The molecule has 0 bridgehead atoms. The molecule has 3 atom stereocenters. The Morgan fingerprint density at radius 2 is 1.79 bits per heavy atom. The molecule has 14 heavy (non-hydrogen) atoms. The summed E-state index contributed by atoms with van der Waals surface area (Å²) in [5, 5.41) is 0. The summed E-state index contributed by atoms with van der Waals surface area (Å²) in [7, 11) is 0. The molecule has 1 heterocycles. The smallest absolute Gasteiger partial charge is 0.146 e. The second kappa shape index (κ2) is 4.26. The summed E-state index contributed by atoms with van der Waals surface area (Å²) in [4.78, 5) is 11.7. The van der Waals surface area contributed by atoms with Gasteiger partial charge in [-0.15, -0.1) is 0 Å². The van der Waals surface area contributed by atoms with Crippen molar-refractivity contribution in [3.8, 4) is 0 Å². The van der Waals surface area contributed by atoms with E-state index in [4.69, 9.17) is 0 Å². The maximum Gasteiger partial charge on any atom is 0.146 e. The molecule has 80 valence electrons. The molecule has 1 saturated heterocycles. The van der Waals surface area contributed by atoms with Gasteiger partial charge in [0.15, 0.2) is 0 Å². The standard InChI is InChI=1S/C12H20OS/c1-8-3-9(2)5-10(4-8)11-6-14-7-12(11)13/h8-11H,3-7H2,1-2H3. The zero-order valence-corrected chi connectivity index (χ0v) is 9.98. The number of Topliss-reactive ketones (excluding diaryl/α,β-unsaturated/α-hetero) is 1. The highest BCUT2D eigenvalue weighted by Crippen LogP contribution is 2.40. The predicted molar refractivity (Wildman–Crippen MR) is 61.5 cm³/mol. The molecule has 1 nitrogen and oxygen atoms in total. The van der Waals surface area contributed by atoms with Gasteiger partial charge in [-0.05, 0) is 37.0 Å². The van der Waals surface area contributed by atoms with Crippen molar-refractivity contribution in [3.63, 3.8) is 0 Å². The Morgan fingerprint density at radius 1 is 1.14 bits per heavy atom. The van der Waals surface area contributed by atoms with Crippen molar-refractivity contribution >= 4 is 17.5 Å². The quantitative estimate of drug-likeness (QED) is 0.664. The van der Waals surface area contributed by atoms with Crippen LogP contribution in [0.25, 0.3) is 0 Å². The third-order valence-electron chi connectivity index (χ3n) is 3.74. The molecule has 3 unspecified atom stereocenters. The average molecular weight is 212 g/mol. The van der Waals surface area contributed by atoms with Gasteiger partial charge in [0.25, 0.3) is 0 Å². The highest BCUT2D eigenvalue weighted by molar-refractivity contribution is 8.00. The molecule has 2 heteroatoms. The first-order chi connectivity index (χ1) is 6.66. The number of ketones is 1. The van der Waals surface area contributed by atoms with E-state index in [1.54, 1.807) is 0 Å². The number of rotatable bonds is 1. The van der Waals surface area contributed by atoms with Crippen molar-refractivity contribution in [2.75, 3.05) is 11.5 Å². The molecule has 2 fully saturated rings. The molecule has 0 aromatic carbocycles. The summed E-state index contributed by atoms with van der Waals surface area (Å²) in [5.41, 5.74) is 0. The van der Waals surface area contributed by atoms with Gasteiger partial charge in [-0.3, -0.25) is 4.79 Å². The van der Waals surface area contributed by atoms with Crippen LogP contribution in [0.4, 0.5) is 0 Å². The lowest BCUT2D eigenvalue weighted by Crippen LogP contribution is -2.29. The summed E-state index contributed by atoms with van der Waals surface area (Å²) in [6.07, 6.45) is 3.95. The normalized spacial score (nSPS) is 44.3. The van der Waals surface area contributed by atoms with E-state index in [0.717, 1.165) is 23.3 Å². The zero-order chi connectivity index (χ0) is 10.1. The SMILES string of the molecule is CC1CC(C)CC(C2CSCC2=O)C1. The Kier molecular flexibility index (Phi) is 3.20. The zero-order valence-electron chi connectivity index (χ0n) is 9.16. The number of carbonyl (C=O) groups excluding carboxylic acids is 1. The summed E-state index contributed by atoms with van der Waals surface area (Å²) < 4.78 is 0. The van der Waals surface area contributed by atoms with Crippen molar-refractivity contribution in [2.45, 2.75) is 33.1 Å². The lowest BCUT2D eigenvalue weighted by Gasteiger charge is -2.34. The number of carbonyl (C=O) groups is 1. The number of thioether (sulfide) groups is 1. The summed E-state index contributed by atoms with van der Waals surface area (Å²) in [5.74, 6) is 5.19. The second-order valence-electron chi connectivity index (χ2n) is 5.27. The van der Waals surface area contributed by atoms with Crippen LogP contribution < -0.4 is 0 Å². The van der Waals surface area contributed by atoms with E-state index in [0.29, 0.717) is 17.6 Å². The first-order valence-electron chi connectivity index (χ1n) is 5.77. The minimum atomic E-state index is 0.408. The minimum absolute atomic E-state index is 0.408. The average Bonchev–Trinajstić information content (AvgIpc) is 2.49. The molecule has 1 aliphatic heterocycles. The van der Waals surface area contributed by atoms with E-state index in [2.05, 4.69) is 13.8 Å². The summed E-state index contributed by atoms with van der Waals surface area (Å²) in [6, 6.07) is 0. The van der Waals surface area contributed by atoms with Gasteiger partial charge in [0.1, 0.15) is 5.78 Å². The molecular weight excluding hydrogens is 192 g/mol. The van der Waals surface area contributed by atoms with E-state index < -0.39 is 0 Å². The predicted octanol–water partition coefficient (Wildman–Crippen LogP) is 2.99. The molecule has 0 amide bonds.